The number of anilines is 1. The number of carbonyl (C=O) groups is 1. The van der Waals surface area contributed by atoms with Gasteiger partial charge in [0.25, 0.3) is 0 Å². The molecule has 1 fully saturated rings. The van der Waals surface area contributed by atoms with E-state index in [1.807, 2.05) is 18.2 Å². The number of rotatable bonds is 6. The molecule has 0 bridgehead atoms. The molecule has 0 aliphatic heterocycles. The number of para-hydroxylation sites is 1. The van der Waals surface area contributed by atoms with E-state index < -0.39 is 0 Å². The number of primary amides is 1. The van der Waals surface area contributed by atoms with Gasteiger partial charge in [0, 0.05) is 17.1 Å². The average molecular weight is 292 g/mol. The number of benzene rings is 1. The van der Waals surface area contributed by atoms with Gasteiger partial charge < -0.3 is 11.1 Å². The van der Waals surface area contributed by atoms with E-state index >= 15 is 0 Å². The first kappa shape index (κ1) is 15.2. The van der Waals surface area contributed by atoms with Crippen LogP contribution in [-0.4, -0.2) is 18.2 Å². The highest BCUT2D eigenvalue weighted by atomic mass is 32.2. The van der Waals surface area contributed by atoms with Crippen molar-refractivity contribution in [1.82, 2.24) is 0 Å². The summed E-state index contributed by atoms with van der Waals surface area (Å²) in [6.07, 6.45) is 5.35. The van der Waals surface area contributed by atoms with Crippen molar-refractivity contribution in [2.45, 2.75) is 37.5 Å². The predicted octanol–water partition coefficient (Wildman–Crippen LogP) is 3.50. The third kappa shape index (κ3) is 4.75. The van der Waals surface area contributed by atoms with Gasteiger partial charge in [0.05, 0.1) is 5.75 Å². The molecular weight excluding hydrogens is 268 g/mol. The highest BCUT2D eigenvalue weighted by Crippen LogP contribution is 2.30. The number of hydrogen-bond acceptors (Lipinski definition) is 3. The minimum Gasteiger partial charge on any atom is -0.384 e. The summed E-state index contributed by atoms with van der Waals surface area (Å²) in [7, 11) is 0. The van der Waals surface area contributed by atoms with Gasteiger partial charge in [-0.2, -0.15) is 0 Å². The van der Waals surface area contributed by atoms with Crippen molar-refractivity contribution in [3.8, 4) is 0 Å². The molecule has 1 aromatic carbocycles. The molecule has 0 heterocycles. The molecule has 3 N–H and O–H groups in total. The zero-order valence-electron chi connectivity index (χ0n) is 12.1. The van der Waals surface area contributed by atoms with Crippen LogP contribution in [0.4, 0.5) is 5.69 Å². The van der Waals surface area contributed by atoms with Crippen LogP contribution in [0, 0.1) is 11.8 Å². The maximum atomic E-state index is 10.9. The normalized spacial score (nSPS) is 22.4. The van der Waals surface area contributed by atoms with Crippen molar-refractivity contribution in [2.24, 2.45) is 17.6 Å². The van der Waals surface area contributed by atoms with Crippen molar-refractivity contribution in [2.75, 3.05) is 17.6 Å². The summed E-state index contributed by atoms with van der Waals surface area (Å²) in [5, 5.41) is 3.55. The lowest BCUT2D eigenvalue weighted by atomic mass is 9.83. The zero-order chi connectivity index (χ0) is 14.4. The Morgan fingerprint density at radius 2 is 2.00 bits per heavy atom. The standard InChI is InChI=1S/C16H24N2OS/c1-12-6-8-13(9-7-12)10-18-14-4-2-3-5-15(14)20-11-16(17)19/h2-5,12-13,18H,6-11H2,1H3,(H2,17,19). The monoisotopic (exact) mass is 292 g/mol. The van der Waals surface area contributed by atoms with Crippen LogP contribution in [0.15, 0.2) is 29.2 Å². The van der Waals surface area contributed by atoms with E-state index in [0.29, 0.717) is 5.75 Å². The second-order valence-electron chi connectivity index (χ2n) is 5.76. The molecule has 0 unspecified atom stereocenters. The minimum atomic E-state index is -0.272. The summed E-state index contributed by atoms with van der Waals surface area (Å²) in [6, 6.07) is 8.14. The van der Waals surface area contributed by atoms with Crippen LogP contribution in [0.1, 0.15) is 32.6 Å². The Bertz CT molecular complexity index is 442. The highest BCUT2D eigenvalue weighted by Gasteiger charge is 2.18. The molecule has 4 heteroatoms. The van der Waals surface area contributed by atoms with Crippen molar-refractivity contribution >= 4 is 23.4 Å². The van der Waals surface area contributed by atoms with Gasteiger partial charge >= 0.3 is 0 Å². The lowest BCUT2D eigenvalue weighted by Gasteiger charge is -2.26. The lowest BCUT2D eigenvalue weighted by molar-refractivity contribution is -0.115. The Labute approximate surface area is 125 Å². The summed E-state index contributed by atoms with van der Waals surface area (Å²) in [4.78, 5) is 12.0. The van der Waals surface area contributed by atoms with Gasteiger partial charge in [0.15, 0.2) is 0 Å². The Balaban J connectivity index is 1.87. The molecule has 110 valence electrons. The highest BCUT2D eigenvalue weighted by molar-refractivity contribution is 8.00. The molecule has 0 aromatic heterocycles. The third-order valence-corrected chi connectivity index (χ3v) is 5.07. The van der Waals surface area contributed by atoms with Gasteiger partial charge in [-0.3, -0.25) is 4.79 Å². The lowest BCUT2D eigenvalue weighted by Crippen LogP contribution is -2.20. The van der Waals surface area contributed by atoms with Crippen molar-refractivity contribution in [3.63, 3.8) is 0 Å². The summed E-state index contributed by atoms with van der Waals surface area (Å²) in [6.45, 7) is 3.38. The van der Waals surface area contributed by atoms with E-state index in [-0.39, 0.29) is 5.91 Å². The van der Waals surface area contributed by atoms with Gasteiger partial charge in [-0.25, -0.2) is 0 Å². The smallest absolute Gasteiger partial charge is 0.227 e. The van der Waals surface area contributed by atoms with E-state index in [0.717, 1.165) is 29.0 Å². The first-order valence-electron chi connectivity index (χ1n) is 7.39. The van der Waals surface area contributed by atoms with E-state index in [4.69, 9.17) is 5.73 Å². The second kappa shape index (κ2) is 7.58. The fourth-order valence-electron chi connectivity index (χ4n) is 2.67. The number of nitrogens with two attached hydrogens (primary N) is 1. The Morgan fingerprint density at radius 3 is 2.70 bits per heavy atom. The molecule has 2 rings (SSSR count). The third-order valence-electron chi connectivity index (χ3n) is 3.97. The Hall–Kier alpha value is -1.16. The molecule has 1 aliphatic rings. The van der Waals surface area contributed by atoms with Crippen LogP contribution in [0.25, 0.3) is 0 Å². The van der Waals surface area contributed by atoms with Crippen LogP contribution in [0.3, 0.4) is 0 Å². The maximum absolute atomic E-state index is 10.9. The van der Waals surface area contributed by atoms with Gasteiger partial charge in [0.1, 0.15) is 0 Å². The Kier molecular flexibility index (Phi) is 5.77. The molecule has 0 saturated heterocycles. The Morgan fingerprint density at radius 1 is 1.30 bits per heavy atom. The van der Waals surface area contributed by atoms with Gasteiger partial charge in [-0.05, 0) is 36.8 Å². The van der Waals surface area contributed by atoms with Gasteiger partial charge in [-0.15, -0.1) is 11.8 Å². The van der Waals surface area contributed by atoms with Crippen LogP contribution in [-0.2, 0) is 4.79 Å². The molecule has 0 radical (unpaired) electrons. The van der Waals surface area contributed by atoms with Crippen LogP contribution in [0.2, 0.25) is 0 Å². The largest absolute Gasteiger partial charge is 0.384 e. The van der Waals surface area contributed by atoms with Gasteiger partial charge in [0.2, 0.25) is 5.91 Å². The summed E-state index contributed by atoms with van der Waals surface area (Å²) in [5.41, 5.74) is 6.34. The fraction of sp³-hybridized carbons (Fsp3) is 0.562. The fourth-order valence-corrected chi connectivity index (χ4v) is 3.44. The number of amides is 1. The molecule has 1 aliphatic carbocycles. The van der Waals surface area contributed by atoms with Gasteiger partial charge in [-0.1, -0.05) is 31.9 Å². The summed E-state index contributed by atoms with van der Waals surface area (Å²) in [5.74, 6) is 1.73. The predicted molar refractivity (Wildman–Crippen MR) is 86.0 cm³/mol. The summed E-state index contributed by atoms with van der Waals surface area (Å²) < 4.78 is 0. The molecular formula is C16H24N2OS. The first-order valence-corrected chi connectivity index (χ1v) is 8.37. The topological polar surface area (TPSA) is 55.1 Å². The SMILES string of the molecule is CC1CCC(CNc2ccccc2SCC(N)=O)CC1. The van der Waals surface area contributed by atoms with Crippen LogP contribution >= 0.6 is 11.8 Å². The molecule has 3 nitrogen and oxygen atoms in total. The summed E-state index contributed by atoms with van der Waals surface area (Å²) >= 11 is 1.51. The molecule has 0 atom stereocenters. The number of hydrogen-bond donors (Lipinski definition) is 2. The van der Waals surface area contributed by atoms with Crippen molar-refractivity contribution < 1.29 is 4.79 Å². The second-order valence-corrected chi connectivity index (χ2v) is 6.78. The zero-order valence-corrected chi connectivity index (χ0v) is 12.9. The molecule has 1 aromatic rings. The number of nitrogens with one attached hydrogen (secondary N) is 1. The minimum absolute atomic E-state index is 0.272. The van der Waals surface area contributed by atoms with Crippen LogP contribution in [0.5, 0.6) is 0 Å². The van der Waals surface area contributed by atoms with Crippen LogP contribution < -0.4 is 11.1 Å². The van der Waals surface area contributed by atoms with Crippen molar-refractivity contribution in [3.05, 3.63) is 24.3 Å². The molecule has 1 amide bonds. The van der Waals surface area contributed by atoms with E-state index in [1.165, 1.54) is 37.4 Å². The molecule has 20 heavy (non-hydrogen) atoms. The number of carbonyl (C=O) groups excluding carboxylic acids is 1. The quantitative estimate of drug-likeness (QED) is 0.789. The van der Waals surface area contributed by atoms with E-state index in [9.17, 15) is 4.79 Å². The van der Waals surface area contributed by atoms with Crippen molar-refractivity contribution in [1.29, 1.82) is 0 Å². The first-order chi connectivity index (χ1) is 9.65. The van der Waals surface area contributed by atoms with E-state index in [2.05, 4.69) is 18.3 Å². The molecule has 1 saturated carbocycles. The molecule has 0 spiro atoms. The average Bonchev–Trinajstić information content (AvgIpc) is 2.45. The number of thioether (sulfide) groups is 1. The van der Waals surface area contributed by atoms with E-state index in [1.54, 1.807) is 0 Å². The maximum Gasteiger partial charge on any atom is 0.227 e.